The lowest BCUT2D eigenvalue weighted by Gasteiger charge is -2.37. The molecule has 3 aliphatic carbocycles. The number of nitrogens with one attached hydrogen (secondary N) is 1. The third-order valence-electron chi connectivity index (χ3n) is 11.5. The number of rotatable bonds is 4. The third-order valence-corrected chi connectivity index (χ3v) is 12.9. The molecule has 3 unspecified atom stereocenters. The van der Waals surface area contributed by atoms with Crippen molar-refractivity contribution >= 4 is 50.4 Å². The van der Waals surface area contributed by atoms with E-state index in [4.69, 9.17) is 0 Å². The highest BCUT2D eigenvalue weighted by atomic mass is 32.2. The Labute approximate surface area is 302 Å². The minimum atomic E-state index is 0.267. The van der Waals surface area contributed by atoms with Crippen LogP contribution in [0.5, 0.6) is 0 Å². The summed E-state index contributed by atoms with van der Waals surface area (Å²) in [6.07, 6.45) is 12.7. The number of thioether (sulfide) groups is 1. The standard InChI is InChI=1S/C46H36N4S/c1-48-40(26-47)46-34-12-6-5-11-32(34)33-18-15-29(24-38(33)46)30-16-20-41-37(23-30)39-27-49-22-21-42(39)50(41)31-17-19-36-44(25-31)51-43-14-8-7-13-35(43)45(36)28-9-3-2-4-10-28/h2-14,16-17,19-23,27,29,44-45,48H,15,18,24-25H2,1H3. The molecular formula is C46H36N4S. The molecule has 4 aromatic carbocycles. The zero-order chi connectivity index (χ0) is 34.1. The first-order chi connectivity index (χ1) is 25.2. The second kappa shape index (κ2) is 12.0. The van der Waals surface area contributed by atoms with Crippen molar-refractivity contribution in [3.8, 4) is 6.07 Å². The molecule has 0 fully saturated rings. The van der Waals surface area contributed by atoms with Crippen LogP contribution < -0.4 is 5.32 Å². The van der Waals surface area contributed by atoms with E-state index in [9.17, 15) is 5.26 Å². The van der Waals surface area contributed by atoms with Crippen LogP contribution in [0.2, 0.25) is 0 Å². The molecule has 3 atom stereocenters. The Balaban J connectivity index is 1.05. The van der Waals surface area contributed by atoms with E-state index in [1.54, 1.807) is 0 Å². The largest absolute Gasteiger partial charge is 0.379 e. The lowest BCUT2D eigenvalue weighted by Crippen LogP contribution is -2.24. The van der Waals surface area contributed by atoms with E-state index in [2.05, 4.69) is 136 Å². The minimum absolute atomic E-state index is 0.267. The molecule has 0 amide bonds. The highest BCUT2D eigenvalue weighted by Gasteiger charge is 2.36. The van der Waals surface area contributed by atoms with E-state index < -0.39 is 0 Å². The number of fused-ring (bicyclic) bond motifs is 7. The highest BCUT2D eigenvalue weighted by Crippen LogP contribution is 2.54. The smallest absolute Gasteiger partial charge is 0.121 e. The van der Waals surface area contributed by atoms with Crippen molar-refractivity contribution < 1.29 is 0 Å². The fraction of sp³-hybridized carbons (Fsp3) is 0.174. The number of nitrogens with zero attached hydrogens (tertiary/aromatic N) is 3. The molecule has 10 rings (SSSR count). The monoisotopic (exact) mass is 676 g/mol. The van der Waals surface area contributed by atoms with Crippen molar-refractivity contribution in [2.45, 2.75) is 47.7 Å². The summed E-state index contributed by atoms with van der Waals surface area (Å²) >= 11 is 2.01. The van der Waals surface area contributed by atoms with Gasteiger partial charge >= 0.3 is 0 Å². The van der Waals surface area contributed by atoms with Gasteiger partial charge in [0.25, 0.3) is 0 Å². The van der Waals surface area contributed by atoms with Gasteiger partial charge in [0.15, 0.2) is 0 Å². The summed E-state index contributed by atoms with van der Waals surface area (Å²) in [6.45, 7) is 0. The van der Waals surface area contributed by atoms with Gasteiger partial charge in [0.2, 0.25) is 0 Å². The predicted octanol–water partition coefficient (Wildman–Crippen LogP) is 10.9. The fourth-order valence-electron chi connectivity index (χ4n) is 9.28. The molecule has 0 radical (unpaired) electrons. The van der Waals surface area contributed by atoms with Crippen LogP contribution in [-0.4, -0.2) is 21.8 Å². The topological polar surface area (TPSA) is 53.6 Å². The average molecular weight is 677 g/mol. The molecule has 246 valence electrons. The predicted molar refractivity (Wildman–Crippen MR) is 210 cm³/mol. The molecule has 0 bridgehead atoms. The number of hydrogen-bond acceptors (Lipinski definition) is 4. The first-order valence-corrected chi connectivity index (χ1v) is 18.8. The van der Waals surface area contributed by atoms with E-state index >= 15 is 0 Å². The summed E-state index contributed by atoms with van der Waals surface area (Å²) in [6, 6.07) is 40.3. The lowest BCUT2D eigenvalue weighted by atomic mass is 9.79. The number of benzene rings is 4. The van der Waals surface area contributed by atoms with Crippen LogP contribution in [0.25, 0.3) is 38.6 Å². The molecule has 51 heavy (non-hydrogen) atoms. The number of nitriles is 1. The fourth-order valence-corrected chi connectivity index (χ4v) is 10.7. The van der Waals surface area contributed by atoms with Gasteiger partial charge in [-0.05, 0) is 100 Å². The van der Waals surface area contributed by atoms with Gasteiger partial charge in [0.1, 0.15) is 11.8 Å². The quantitative estimate of drug-likeness (QED) is 0.189. The van der Waals surface area contributed by atoms with Crippen molar-refractivity contribution in [3.63, 3.8) is 0 Å². The second-order valence-corrected chi connectivity index (χ2v) is 15.3. The SMILES string of the molecule is CNC(C#N)=C1C2=C(CCC(c3ccc4c(c3)c3cnccc3n4C3=CC=C4C(C3)Sc3ccccc3C4c3ccccc3)C2)c2ccccc21. The van der Waals surface area contributed by atoms with Crippen LogP contribution >= 0.6 is 11.8 Å². The zero-order valence-corrected chi connectivity index (χ0v) is 29.3. The molecule has 0 saturated carbocycles. The maximum atomic E-state index is 10.1. The van der Waals surface area contributed by atoms with Crippen molar-refractivity contribution in [1.82, 2.24) is 14.9 Å². The zero-order valence-electron chi connectivity index (χ0n) is 28.4. The normalized spacial score (nSPS) is 21.6. The summed E-state index contributed by atoms with van der Waals surface area (Å²) < 4.78 is 2.49. The number of hydrogen-bond donors (Lipinski definition) is 1. The number of pyridine rings is 1. The third kappa shape index (κ3) is 4.70. The first-order valence-electron chi connectivity index (χ1n) is 18.0. The van der Waals surface area contributed by atoms with Crippen LogP contribution in [0.3, 0.4) is 0 Å². The van der Waals surface area contributed by atoms with Crippen LogP contribution in [0.4, 0.5) is 0 Å². The summed E-state index contributed by atoms with van der Waals surface area (Å²) in [5, 5.41) is 16.1. The first kappa shape index (κ1) is 30.3. The van der Waals surface area contributed by atoms with E-state index in [-0.39, 0.29) is 5.92 Å². The van der Waals surface area contributed by atoms with E-state index in [0.29, 0.717) is 16.9 Å². The summed E-state index contributed by atoms with van der Waals surface area (Å²) in [5.74, 6) is 0.639. The molecule has 4 nitrogen and oxygen atoms in total. The van der Waals surface area contributed by atoms with Gasteiger partial charge in [-0.2, -0.15) is 5.26 Å². The maximum Gasteiger partial charge on any atom is 0.121 e. The van der Waals surface area contributed by atoms with E-state index in [1.807, 2.05) is 31.2 Å². The van der Waals surface area contributed by atoms with Crippen LogP contribution in [0.1, 0.15) is 65.3 Å². The Morgan fingerprint density at radius 1 is 0.824 bits per heavy atom. The molecule has 3 heterocycles. The summed E-state index contributed by atoms with van der Waals surface area (Å²) in [5.41, 5.74) is 16.4. The Morgan fingerprint density at radius 2 is 1.63 bits per heavy atom. The van der Waals surface area contributed by atoms with Gasteiger partial charge < -0.3 is 9.88 Å². The lowest BCUT2D eigenvalue weighted by molar-refractivity contribution is 0.617. The highest BCUT2D eigenvalue weighted by molar-refractivity contribution is 8.00. The Kier molecular flexibility index (Phi) is 7.15. The summed E-state index contributed by atoms with van der Waals surface area (Å²) in [7, 11) is 1.86. The maximum absolute atomic E-state index is 10.1. The van der Waals surface area contributed by atoms with Crippen molar-refractivity contribution in [2.75, 3.05) is 7.05 Å². The van der Waals surface area contributed by atoms with Gasteiger partial charge in [0.05, 0.1) is 11.0 Å². The minimum Gasteiger partial charge on any atom is -0.379 e. The second-order valence-electron chi connectivity index (χ2n) is 14.1. The molecule has 6 aromatic rings. The van der Waals surface area contributed by atoms with Crippen LogP contribution in [0.15, 0.2) is 149 Å². The van der Waals surface area contributed by atoms with Crippen LogP contribution in [0, 0.1) is 11.3 Å². The average Bonchev–Trinajstić information content (AvgIpc) is 3.70. The van der Waals surface area contributed by atoms with Crippen molar-refractivity contribution in [2.24, 2.45) is 0 Å². The Morgan fingerprint density at radius 3 is 2.49 bits per heavy atom. The van der Waals surface area contributed by atoms with Gasteiger partial charge in [-0.3, -0.25) is 4.98 Å². The van der Waals surface area contributed by atoms with Gasteiger partial charge in [-0.25, -0.2) is 0 Å². The van der Waals surface area contributed by atoms with Crippen molar-refractivity contribution in [3.05, 3.63) is 172 Å². The molecule has 0 saturated heterocycles. The Bertz CT molecular complexity index is 2580. The Hall–Kier alpha value is -5.57. The molecular weight excluding hydrogens is 641 g/mol. The van der Waals surface area contributed by atoms with E-state index in [1.165, 1.54) is 76.9 Å². The molecule has 4 aliphatic rings. The molecule has 5 heteroatoms. The van der Waals surface area contributed by atoms with Crippen molar-refractivity contribution in [1.29, 1.82) is 5.26 Å². The van der Waals surface area contributed by atoms with Crippen LogP contribution in [-0.2, 0) is 0 Å². The molecule has 0 spiro atoms. The van der Waals surface area contributed by atoms with Gasteiger partial charge in [-0.1, -0.05) is 84.9 Å². The number of allylic oxidation sites excluding steroid dienone is 7. The van der Waals surface area contributed by atoms with Gasteiger partial charge in [0, 0.05) is 64.0 Å². The number of aromatic nitrogens is 2. The molecule has 1 aliphatic heterocycles. The van der Waals surface area contributed by atoms with E-state index in [0.717, 1.165) is 31.3 Å². The molecule has 2 aromatic heterocycles. The summed E-state index contributed by atoms with van der Waals surface area (Å²) in [4.78, 5) is 6.00. The van der Waals surface area contributed by atoms with Gasteiger partial charge in [-0.15, -0.1) is 11.8 Å². The molecule has 1 N–H and O–H groups in total.